The van der Waals surface area contributed by atoms with Crippen molar-refractivity contribution in [1.29, 1.82) is 0 Å². The van der Waals surface area contributed by atoms with Gasteiger partial charge in [-0.1, -0.05) is 42.5 Å². The molecule has 3 aromatic rings. The van der Waals surface area contributed by atoms with E-state index >= 15 is 0 Å². The molecule has 25 heavy (non-hydrogen) atoms. The summed E-state index contributed by atoms with van der Waals surface area (Å²) in [5.74, 6) is 0.367. The third-order valence-electron chi connectivity index (χ3n) is 3.81. The maximum absolute atomic E-state index is 12.2. The zero-order valence-corrected chi connectivity index (χ0v) is 14.6. The molecule has 0 spiro atoms. The first kappa shape index (κ1) is 18.5. The summed E-state index contributed by atoms with van der Waals surface area (Å²) in [7, 11) is 0. The lowest BCUT2D eigenvalue weighted by atomic mass is 10.0. The molecule has 1 amide bonds. The summed E-state index contributed by atoms with van der Waals surface area (Å²) in [6.07, 6.45) is 3.35. The zero-order chi connectivity index (χ0) is 16.8. The quantitative estimate of drug-likeness (QED) is 0.591. The number of rotatable bonds is 6. The first-order valence-corrected chi connectivity index (χ1v) is 7.95. The number of nitrogens with two attached hydrogens (primary N) is 1. The van der Waals surface area contributed by atoms with Gasteiger partial charge in [-0.05, 0) is 36.1 Å². The summed E-state index contributed by atoms with van der Waals surface area (Å²) in [6.45, 7) is 0.609. The van der Waals surface area contributed by atoms with E-state index in [2.05, 4.69) is 27.4 Å². The Hall–Kier alpha value is -2.79. The predicted molar refractivity (Wildman–Crippen MR) is 103 cm³/mol. The van der Waals surface area contributed by atoms with E-state index in [0.29, 0.717) is 18.1 Å². The molecule has 0 bridgehead atoms. The minimum Gasteiger partial charge on any atom is -0.369 e. The van der Waals surface area contributed by atoms with E-state index in [1.54, 1.807) is 6.20 Å². The molecule has 1 heterocycles. The Labute approximate surface area is 153 Å². The van der Waals surface area contributed by atoms with E-state index in [4.69, 9.17) is 5.73 Å². The lowest BCUT2D eigenvalue weighted by Gasteiger charge is -2.06. The molecule has 0 saturated heterocycles. The van der Waals surface area contributed by atoms with Crippen molar-refractivity contribution in [3.63, 3.8) is 0 Å². The fourth-order valence-corrected chi connectivity index (χ4v) is 2.53. The molecule has 2 aromatic carbocycles. The molecule has 0 unspecified atom stereocenters. The number of hydrogen-bond acceptors (Lipinski definition) is 3. The Morgan fingerprint density at radius 2 is 1.72 bits per heavy atom. The molecule has 0 aliphatic rings. The number of nitrogens with zero attached hydrogens (tertiary/aromatic N) is 1. The van der Waals surface area contributed by atoms with E-state index in [1.165, 1.54) is 0 Å². The lowest BCUT2D eigenvalue weighted by molar-refractivity contribution is 0.0953. The summed E-state index contributed by atoms with van der Waals surface area (Å²) in [4.78, 5) is 19.1. The molecule has 130 valence electrons. The van der Waals surface area contributed by atoms with E-state index in [1.807, 2.05) is 42.5 Å². The maximum Gasteiger partial charge on any atom is 0.251 e. The molecule has 3 rings (SSSR count). The number of halogens is 1. The first-order valence-electron chi connectivity index (χ1n) is 7.95. The Bertz CT molecular complexity index is 800. The maximum atomic E-state index is 12.2. The normalized spacial score (nSPS) is 10.1. The summed E-state index contributed by atoms with van der Waals surface area (Å²) in [6, 6.07) is 17.7. The molecule has 0 radical (unpaired) electrons. The number of nitrogens with one attached hydrogen (secondary N) is 2. The van der Waals surface area contributed by atoms with Crippen LogP contribution in [0.15, 0.2) is 60.8 Å². The number of aryl methyl sites for hydroxylation is 1. The summed E-state index contributed by atoms with van der Waals surface area (Å²) in [5.41, 5.74) is 9.42. The van der Waals surface area contributed by atoms with Crippen molar-refractivity contribution in [3.05, 3.63) is 72.1 Å². The van der Waals surface area contributed by atoms with Gasteiger partial charge in [-0.25, -0.2) is 4.98 Å². The van der Waals surface area contributed by atoms with Crippen LogP contribution in [0.4, 0.5) is 5.95 Å². The van der Waals surface area contributed by atoms with Gasteiger partial charge < -0.3 is 16.0 Å². The molecule has 0 saturated carbocycles. The molecule has 0 fully saturated rings. The third-order valence-corrected chi connectivity index (χ3v) is 3.81. The van der Waals surface area contributed by atoms with Crippen LogP contribution in [0.1, 0.15) is 22.5 Å². The van der Waals surface area contributed by atoms with Crippen molar-refractivity contribution >= 4 is 24.3 Å². The number of aromatic nitrogens is 2. The third kappa shape index (κ3) is 5.09. The minimum atomic E-state index is -0.0567. The number of anilines is 1. The first-order chi connectivity index (χ1) is 11.7. The number of carbonyl (C=O) groups is 1. The highest BCUT2D eigenvalue weighted by atomic mass is 35.5. The van der Waals surface area contributed by atoms with Crippen LogP contribution in [0.25, 0.3) is 11.1 Å². The SMILES string of the molecule is Cl.Nc1ncc(CCCNC(=O)c2ccc(-c3ccccc3)cc2)[nH]1. The molecule has 0 aliphatic heterocycles. The van der Waals surface area contributed by atoms with Crippen LogP contribution in [-0.4, -0.2) is 22.4 Å². The van der Waals surface area contributed by atoms with Crippen LogP contribution in [0.2, 0.25) is 0 Å². The fourth-order valence-electron chi connectivity index (χ4n) is 2.53. The van der Waals surface area contributed by atoms with Crippen molar-refractivity contribution < 1.29 is 4.79 Å². The number of nitrogen functional groups attached to an aromatic ring is 1. The highest BCUT2D eigenvalue weighted by Gasteiger charge is 2.05. The molecule has 0 aliphatic carbocycles. The Kier molecular flexibility index (Phi) is 6.60. The van der Waals surface area contributed by atoms with Crippen LogP contribution >= 0.6 is 12.4 Å². The number of H-pyrrole nitrogens is 1. The number of amides is 1. The van der Waals surface area contributed by atoms with Crippen LogP contribution in [-0.2, 0) is 6.42 Å². The highest BCUT2D eigenvalue weighted by Crippen LogP contribution is 2.19. The van der Waals surface area contributed by atoms with Crippen molar-refractivity contribution in [2.24, 2.45) is 0 Å². The van der Waals surface area contributed by atoms with Crippen LogP contribution in [0.3, 0.4) is 0 Å². The highest BCUT2D eigenvalue weighted by molar-refractivity contribution is 5.94. The molecule has 1 aromatic heterocycles. The van der Waals surface area contributed by atoms with Crippen molar-refractivity contribution in [3.8, 4) is 11.1 Å². The van der Waals surface area contributed by atoms with E-state index in [-0.39, 0.29) is 18.3 Å². The molecule has 6 heteroatoms. The molecular formula is C19H21ClN4O. The van der Waals surface area contributed by atoms with Gasteiger partial charge in [-0.2, -0.15) is 0 Å². The minimum absolute atomic E-state index is 0. The lowest BCUT2D eigenvalue weighted by Crippen LogP contribution is -2.24. The summed E-state index contributed by atoms with van der Waals surface area (Å²) < 4.78 is 0. The van der Waals surface area contributed by atoms with Gasteiger partial charge in [0.05, 0.1) is 6.20 Å². The standard InChI is InChI=1S/C19H20N4O.ClH/c20-19-22-13-17(23-19)7-4-12-21-18(24)16-10-8-15(9-11-16)14-5-2-1-3-6-14;/h1-3,5-6,8-11,13H,4,7,12H2,(H,21,24)(H3,20,22,23);1H. The second-order valence-electron chi connectivity index (χ2n) is 5.60. The number of aromatic amines is 1. The number of imidazole rings is 1. The van der Waals surface area contributed by atoms with Gasteiger partial charge in [0.15, 0.2) is 5.95 Å². The van der Waals surface area contributed by atoms with Gasteiger partial charge in [-0.15, -0.1) is 12.4 Å². The Morgan fingerprint density at radius 1 is 1.04 bits per heavy atom. The van der Waals surface area contributed by atoms with Gasteiger partial charge >= 0.3 is 0 Å². The second-order valence-corrected chi connectivity index (χ2v) is 5.60. The smallest absolute Gasteiger partial charge is 0.251 e. The summed E-state index contributed by atoms with van der Waals surface area (Å²) in [5, 5.41) is 2.93. The number of hydrogen-bond donors (Lipinski definition) is 3. The average Bonchev–Trinajstić information content (AvgIpc) is 3.05. The average molecular weight is 357 g/mol. The topological polar surface area (TPSA) is 83.8 Å². The van der Waals surface area contributed by atoms with Crippen LogP contribution < -0.4 is 11.1 Å². The Balaban J connectivity index is 0.00000225. The van der Waals surface area contributed by atoms with Crippen LogP contribution in [0.5, 0.6) is 0 Å². The van der Waals surface area contributed by atoms with E-state index < -0.39 is 0 Å². The van der Waals surface area contributed by atoms with Crippen molar-refractivity contribution in [1.82, 2.24) is 15.3 Å². The molecule has 5 nitrogen and oxygen atoms in total. The van der Waals surface area contributed by atoms with E-state index in [0.717, 1.165) is 29.7 Å². The van der Waals surface area contributed by atoms with Gasteiger partial charge in [0.1, 0.15) is 0 Å². The fraction of sp³-hybridized carbons (Fsp3) is 0.158. The Morgan fingerprint density at radius 3 is 2.36 bits per heavy atom. The molecule has 4 N–H and O–H groups in total. The zero-order valence-electron chi connectivity index (χ0n) is 13.7. The van der Waals surface area contributed by atoms with Crippen LogP contribution in [0, 0.1) is 0 Å². The predicted octanol–water partition coefficient (Wildman–Crippen LogP) is 3.44. The second kappa shape index (κ2) is 8.89. The van der Waals surface area contributed by atoms with Gasteiger partial charge in [0.2, 0.25) is 0 Å². The largest absolute Gasteiger partial charge is 0.369 e. The number of carbonyl (C=O) groups excluding carboxylic acids is 1. The van der Waals surface area contributed by atoms with Gasteiger partial charge in [0.25, 0.3) is 5.91 Å². The monoisotopic (exact) mass is 356 g/mol. The van der Waals surface area contributed by atoms with Gasteiger partial charge in [-0.3, -0.25) is 4.79 Å². The summed E-state index contributed by atoms with van der Waals surface area (Å²) >= 11 is 0. The van der Waals surface area contributed by atoms with Gasteiger partial charge in [0, 0.05) is 17.8 Å². The van der Waals surface area contributed by atoms with E-state index in [9.17, 15) is 4.79 Å². The molecular weight excluding hydrogens is 336 g/mol. The van der Waals surface area contributed by atoms with Crippen molar-refractivity contribution in [2.75, 3.05) is 12.3 Å². The number of benzene rings is 2. The molecule has 0 atom stereocenters. The van der Waals surface area contributed by atoms with Crippen molar-refractivity contribution in [2.45, 2.75) is 12.8 Å².